The molecule has 1 N–H and O–H groups in total. The second-order valence-corrected chi connectivity index (χ2v) is 5.24. The van der Waals surface area contributed by atoms with Crippen molar-refractivity contribution in [3.63, 3.8) is 0 Å². The second-order valence-electron chi connectivity index (χ2n) is 5.24. The van der Waals surface area contributed by atoms with Gasteiger partial charge in [-0.1, -0.05) is 26.0 Å². The Kier molecular flexibility index (Phi) is 4.33. The van der Waals surface area contributed by atoms with E-state index >= 15 is 0 Å². The van der Waals surface area contributed by atoms with Crippen molar-refractivity contribution in [2.24, 2.45) is 5.92 Å². The number of carboxylic acid groups (broad SMARTS) is 1. The fourth-order valence-corrected chi connectivity index (χ4v) is 2.28. The maximum atomic E-state index is 11.0. The molecule has 0 fully saturated rings. The molecule has 0 bridgehead atoms. The minimum Gasteiger partial charge on any atom is -0.481 e. The number of benzene rings is 1. The van der Waals surface area contributed by atoms with Crippen molar-refractivity contribution in [1.29, 1.82) is 0 Å². The summed E-state index contributed by atoms with van der Waals surface area (Å²) in [4.78, 5) is 11.0. The standard InChI is InChI=1S/C15H22O2/c1-9(2)13(8-15(16)17)14-7-11(4)10(3)6-12(14)5/h6-7,9,13H,8H2,1-5H3,(H,16,17). The molecule has 2 heteroatoms. The Morgan fingerprint density at radius 3 is 2.12 bits per heavy atom. The van der Waals surface area contributed by atoms with Crippen LogP contribution in [-0.4, -0.2) is 11.1 Å². The average Bonchev–Trinajstić information content (AvgIpc) is 2.20. The molecule has 17 heavy (non-hydrogen) atoms. The number of hydrogen-bond acceptors (Lipinski definition) is 1. The monoisotopic (exact) mass is 234 g/mol. The summed E-state index contributed by atoms with van der Waals surface area (Å²) in [6.07, 6.45) is 0.209. The van der Waals surface area contributed by atoms with Crippen molar-refractivity contribution in [3.05, 3.63) is 34.4 Å². The van der Waals surface area contributed by atoms with Gasteiger partial charge in [0.25, 0.3) is 0 Å². The highest BCUT2D eigenvalue weighted by Crippen LogP contribution is 2.31. The zero-order chi connectivity index (χ0) is 13.2. The molecule has 0 spiro atoms. The van der Waals surface area contributed by atoms with Crippen molar-refractivity contribution in [2.45, 2.75) is 47.0 Å². The van der Waals surface area contributed by atoms with Crippen molar-refractivity contribution < 1.29 is 9.90 Å². The van der Waals surface area contributed by atoms with Crippen LogP contribution in [0.1, 0.15) is 48.4 Å². The summed E-state index contributed by atoms with van der Waals surface area (Å²) >= 11 is 0. The van der Waals surface area contributed by atoms with E-state index in [0.29, 0.717) is 5.92 Å². The molecule has 1 aromatic rings. The lowest BCUT2D eigenvalue weighted by atomic mass is 9.82. The maximum absolute atomic E-state index is 11.0. The molecule has 0 saturated heterocycles. The molecule has 1 rings (SSSR count). The smallest absolute Gasteiger partial charge is 0.303 e. The van der Waals surface area contributed by atoms with Crippen LogP contribution in [0.25, 0.3) is 0 Å². The zero-order valence-electron chi connectivity index (χ0n) is 11.4. The van der Waals surface area contributed by atoms with E-state index in [0.717, 1.165) is 0 Å². The lowest BCUT2D eigenvalue weighted by molar-refractivity contribution is -0.137. The van der Waals surface area contributed by atoms with Crippen LogP contribution in [0.4, 0.5) is 0 Å². The van der Waals surface area contributed by atoms with Crippen LogP contribution >= 0.6 is 0 Å². The Balaban J connectivity index is 3.18. The summed E-state index contributed by atoms with van der Waals surface area (Å²) in [6.45, 7) is 10.4. The van der Waals surface area contributed by atoms with Gasteiger partial charge in [0.2, 0.25) is 0 Å². The lowest BCUT2D eigenvalue weighted by Crippen LogP contribution is -2.13. The highest BCUT2D eigenvalue weighted by Gasteiger charge is 2.21. The maximum Gasteiger partial charge on any atom is 0.303 e. The molecule has 0 aromatic heterocycles. The molecule has 0 saturated carbocycles. The molecule has 94 valence electrons. The summed E-state index contributed by atoms with van der Waals surface area (Å²) in [5.74, 6) is -0.278. The number of carbonyl (C=O) groups is 1. The van der Waals surface area contributed by atoms with E-state index in [1.807, 2.05) is 0 Å². The van der Waals surface area contributed by atoms with Gasteiger partial charge in [-0.05, 0) is 54.9 Å². The van der Waals surface area contributed by atoms with Crippen molar-refractivity contribution >= 4 is 5.97 Å². The first-order valence-corrected chi connectivity index (χ1v) is 6.12. The van der Waals surface area contributed by atoms with E-state index in [1.165, 1.54) is 22.3 Å². The van der Waals surface area contributed by atoms with Crippen LogP contribution < -0.4 is 0 Å². The molecular formula is C15H22O2. The van der Waals surface area contributed by atoms with Gasteiger partial charge in [-0.3, -0.25) is 4.79 Å². The predicted molar refractivity (Wildman–Crippen MR) is 70.5 cm³/mol. The van der Waals surface area contributed by atoms with E-state index in [9.17, 15) is 4.79 Å². The minimum atomic E-state index is -0.721. The van der Waals surface area contributed by atoms with Crippen LogP contribution in [-0.2, 0) is 4.79 Å². The fraction of sp³-hybridized carbons (Fsp3) is 0.533. The Labute approximate surface area is 104 Å². The molecule has 0 aliphatic carbocycles. The van der Waals surface area contributed by atoms with Crippen LogP contribution in [0, 0.1) is 26.7 Å². The van der Waals surface area contributed by atoms with E-state index in [1.54, 1.807) is 0 Å². The number of aryl methyl sites for hydroxylation is 3. The molecule has 0 radical (unpaired) electrons. The van der Waals surface area contributed by atoms with Gasteiger partial charge in [-0.15, -0.1) is 0 Å². The quantitative estimate of drug-likeness (QED) is 0.859. The largest absolute Gasteiger partial charge is 0.481 e. The first kappa shape index (κ1) is 13.8. The van der Waals surface area contributed by atoms with Gasteiger partial charge in [-0.2, -0.15) is 0 Å². The van der Waals surface area contributed by atoms with Crippen molar-refractivity contribution in [3.8, 4) is 0 Å². The van der Waals surface area contributed by atoms with Gasteiger partial charge in [0.1, 0.15) is 0 Å². The minimum absolute atomic E-state index is 0.104. The summed E-state index contributed by atoms with van der Waals surface area (Å²) in [7, 11) is 0. The fourth-order valence-electron chi connectivity index (χ4n) is 2.28. The summed E-state index contributed by atoms with van der Waals surface area (Å²) in [5.41, 5.74) is 4.89. The normalized spacial score (nSPS) is 12.8. The van der Waals surface area contributed by atoms with Gasteiger partial charge in [0.05, 0.1) is 6.42 Å². The summed E-state index contributed by atoms with van der Waals surface area (Å²) in [6, 6.07) is 4.31. The molecule has 1 atom stereocenters. The number of hydrogen-bond donors (Lipinski definition) is 1. The third-order valence-corrected chi connectivity index (χ3v) is 3.48. The van der Waals surface area contributed by atoms with E-state index in [4.69, 9.17) is 5.11 Å². The van der Waals surface area contributed by atoms with Crippen LogP contribution in [0.2, 0.25) is 0 Å². The van der Waals surface area contributed by atoms with Gasteiger partial charge in [0, 0.05) is 0 Å². The molecule has 2 nitrogen and oxygen atoms in total. The van der Waals surface area contributed by atoms with Gasteiger partial charge in [0.15, 0.2) is 0 Å². The van der Waals surface area contributed by atoms with Crippen molar-refractivity contribution in [2.75, 3.05) is 0 Å². The number of aliphatic carboxylic acids is 1. The predicted octanol–water partition coefficient (Wildman–Crippen LogP) is 3.83. The first-order chi connectivity index (χ1) is 7.82. The Morgan fingerprint density at radius 2 is 1.65 bits per heavy atom. The highest BCUT2D eigenvalue weighted by molar-refractivity contribution is 5.68. The van der Waals surface area contributed by atoms with E-state index < -0.39 is 5.97 Å². The molecule has 0 heterocycles. The Hall–Kier alpha value is -1.31. The number of rotatable bonds is 4. The van der Waals surface area contributed by atoms with Crippen LogP contribution in [0.5, 0.6) is 0 Å². The van der Waals surface area contributed by atoms with Gasteiger partial charge in [-0.25, -0.2) is 0 Å². The summed E-state index contributed by atoms with van der Waals surface area (Å²) in [5, 5.41) is 9.01. The molecule has 1 aromatic carbocycles. The summed E-state index contributed by atoms with van der Waals surface area (Å²) < 4.78 is 0. The molecule has 0 aliphatic heterocycles. The molecule has 0 aliphatic rings. The zero-order valence-corrected chi connectivity index (χ0v) is 11.4. The third kappa shape index (κ3) is 3.32. The lowest BCUT2D eigenvalue weighted by Gasteiger charge is -2.22. The molecule has 1 unspecified atom stereocenters. The SMILES string of the molecule is Cc1cc(C)c(C(CC(=O)O)C(C)C)cc1C. The number of carboxylic acids is 1. The third-order valence-electron chi connectivity index (χ3n) is 3.48. The highest BCUT2D eigenvalue weighted by atomic mass is 16.4. The van der Waals surface area contributed by atoms with E-state index in [2.05, 4.69) is 46.8 Å². The van der Waals surface area contributed by atoms with Crippen molar-refractivity contribution in [1.82, 2.24) is 0 Å². The van der Waals surface area contributed by atoms with Crippen LogP contribution in [0.15, 0.2) is 12.1 Å². The Morgan fingerprint density at radius 1 is 1.12 bits per heavy atom. The van der Waals surface area contributed by atoms with E-state index in [-0.39, 0.29) is 12.3 Å². The van der Waals surface area contributed by atoms with Crippen LogP contribution in [0.3, 0.4) is 0 Å². The topological polar surface area (TPSA) is 37.3 Å². The first-order valence-electron chi connectivity index (χ1n) is 6.12. The molecule has 0 amide bonds. The Bertz CT molecular complexity index is 419. The van der Waals surface area contributed by atoms with Gasteiger partial charge < -0.3 is 5.11 Å². The second kappa shape index (κ2) is 5.35. The van der Waals surface area contributed by atoms with Gasteiger partial charge >= 0.3 is 5.97 Å². The average molecular weight is 234 g/mol. The molecular weight excluding hydrogens is 212 g/mol.